The molecule has 1 fully saturated rings. The topological polar surface area (TPSA) is 48.5 Å². The molecule has 0 aliphatic carbocycles. The minimum atomic E-state index is 0.0129. The van der Waals surface area contributed by atoms with Gasteiger partial charge in [0.05, 0.1) is 10.7 Å². The van der Waals surface area contributed by atoms with Crippen molar-refractivity contribution < 1.29 is 4.79 Å². The number of aryl methyl sites for hydroxylation is 1. The van der Waals surface area contributed by atoms with Gasteiger partial charge in [0, 0.05) is 19.6 Å². The van der Waals surface area contributed by atoms with E-state index in [0.29, 0.717) is 5.92 Å². The van der Waals surface area contributed by atoms with Crippen molar-refractivity contribution in [3.8, 4) is 0 Å². The summed E-state index contributed by atoms with van der Waals surface area (Å²) < 4.78 is 0. The van der Waals surface area contributed by atoms with Crippen LogP contribution in [0.3, 0.4) is 0 Å². The van der Waals surface area contributed by atoms with Gasteiger partial charge in [-0.25, -0.2) is 9.78 Å². The fourth-order valence-corrected chi connectivity index (χ4v) is 3.36. The molecule has 1 saturated heterocycles. The Balaban J connectivity index is 2.01. The Labute approximate surface area is 131 Å². The highest BCUT2D eigenvalue weighted by atomic mass is 32.1. The van der Waals surface area contributed by atoms with Crippen molar-refractivity contribution in [2.45, 2.75) is 33.6 Å². The van der Waals surface area contributed by atoms with E-state index in [2.05, 4.69) is 36.1 Å². The zero-order valence-electron chi connectivity index (χ0n) is 13.5. The molecule has 2 rings (SSSR count). The first-order valence-electron chi connectivity index (χ1n) is 7.66. The van der Waals surface area contributed by atoms with Gasteiger partial charge in [0.2, 0.25) is 0 Å². The number of nitrogens with one attached hydrogen (secondary N) is 1. The van der Waals surface area contributed by atoms with Crippen LogP contribution in [0.5, 0.6) is 0 Å². The smallest absolute Gasteiger partial charge is 0.322 e. The van der Waals surface area contributed by atoms with Crippen LogP contribution < -0.4 is 5.32 Å². The van der Waals surface area contributed by atoms with Crippen LogP contribution in [0, 0.1) is 12.8 Å². The fraction of sp³-hybridized carbons (Fsp3) is 0.733. The Morgan fingerprint density at radius 2 is 2.10 bits per heavy atom. The summed E-state index contributed by atoms with van der Waals surface area (Å²) >= 11 is 1.57. The third-order valence-electron chi connectivity index (χ3n) is 3.63. The highest BCUT2D eigenvalue weighted by Gasteiger charge is 2.20. The molecule has 0 spiro atoms. The molecule has 1 N–H and O–H groups in total. The molecule has 0 radical (unpaired) electrons. The summed E-state index contributed by atoms with van der Waals surface area (Å²) in [5.41, 5.74) is 1.02. The molecule has 6 heteroatoms. The number of likely N-dealkylation sites (N-methyl/N-ethyl adjacent to an activating group) is 1. The maximum Gasteiger partial charge on any atom is 0.322 e. The highest BCUT2D eigenvalue weighted by Crippen LogP contribution is 2.26. The van der Waals surface area contributed by atoms with Gasteiger partial charge in [0.1, 0.15) is 5.00 Å². The van der Waals surface area contributed by atoms with Crippen LogP contribution in [0.1, 0.15) is 31.0 Å². The van der Waals surface area contributed by atoms with Crippen molar-refractivity contribution in [1.29, 1.82) is 0 Å². The number of anilines is 1. The van der Waals surface area contributed by atoms with E-state index < -0.39 is 0 Å². The van der Waals surface area contributed by atoms with Crippen molar-refractivity contribution in [3.05, 3.63) is 10.7 Å². The van der Waals surface area contributed by atoms with Gasteiger partial charge in [-0.05, 0) is 39.3 Å². The normalized spacial score (nSPS) is 17.1. The lowest BCUT2D eigenvalue weighted by molar-refractivity contribution is 0.213. The molecule has 0 saturated carbocycles. The van der Waals surface area contributed by atoms with Gasteiger partial charge in [-0.2, -0.15) is 0 Å². The average molecular weight is 310 g/mol. The molecular formula is C15H26N4OS. The second-order valence-electron chi connectivity index (χ2n) is 6.18. The zero-order chi connectivity index (χ0) is 15.4. The highest BCUT2D eigenvalue weighted by molar-refractivity contribution is 7.16. The molecule has 1 aliphatic heterocycles. The Morgan fingerprint density at radius 3 is 2.81 bits per heavy atom. The van der Waals surface area contributed by atoms with Crippen LogP contribution >= 0.6 is 11.3 Å². The maximum atomic E-state index is 12.4. The van der Waals surface area contributed by atoms with Crippen LogP contribution in [0.2, 0.25) is 0 Å². The summed E-state index contributed by atoms with van der Waals surface area (Å²) in [5.74, 6) is 0.536. The van der Waals surface area contributed by atoms with Gasteiger partial charge in [0.25, 0.3) is 0 Å². The van der Waals surface area contributed by atoms with Gasteiger partial charge in [-0.3, -0.25) is 5.32 Å². The predicted molar refractivity (Wildman–Crippen MR) is 88.1 cm³/mol. The quantitative estimate of drug-likeness (QED) is 0.934. The lowest BCUT2D eigenvalue weighted by atomic mass is 10.1. The van der Waals surface area contributed by atoms with E-state index in [1.165, 1.54) is 0 Å². The lowest BCUT2D eigenvalue weighted by Crippen LogP contribution is -2.37. The molecule has 21 heavy (non-hydrogen) atoms. The molecule has 1 aromatic rings. The number of hydrogen-bond acceptors (Lipinski definition) is 4. The molecular weight excluding hydrogens is 284 g/mol. The first-order chi connectivity index (χ1) is 9.95. The summed E-state index contributed by atoms with van der Waals surface area (Å²) in [6.45, 7) is 9.95. The number of thiazole rings is 1. The average Bonchev–Trinajstić information content (AvgIpc) is 2.60. The molecule has 0 unspecified atom stereocenters. The summed E-state index contributed by atoms with van der Waals surface area (Å²) in [6, 6.07) is 0.0129. The van der Waals surface area contributed by atoms with E-state index in [4.69, 9.17) is 0 Å². The summed E-state index contributed by atoms with van der Waals surface area (Å²) in [6.07, 6.45) is 1.94. The molecule has 5 nitrogen and oxygen atoms in total. The standard InChI is InChI=1S/C15H26N4OS/c1-11(2)10-13-14(21-12(3)16-13)17-15(20)19-7-5-6-18(4)8-9-19/h11H,5-10H2,1-4H3,(H,17,20). The Kier molecular flexibility index (Phi) is 5.58. The fourth-order valence-electron chi connectivity index (χ4n) is 2.52. The third kappa shape index (κ3) is 4.68. The summed E-state index contributed by atoms with van der Waals surface area (Å²) in [4.78, 5) is 21.2. The Hall–Kier alpha value is -1.14. The van der Waals surface area contributed by atoms with Crippen LogP contribution in [0.25, 0.3) is 0 Å². The molecule has 0 bridgehead atoms. The number of hydrogen-bond donors (Lipinski definition) is 1. The van der Waals surface area contributed by atoms with Gasteiger partial charge in [-0.15, -0.1) is 11.3 Å². The summed E-state index contributed by atoms with van der Waals surface area (Å²) in [7, 11) is 2.11. The minimum absolute atomic E-state index is 0.0129. The molecule has 0 atom stereocenters. The van der Waals surface area contributed by atoms with Crippen LogP contribution in [-0.2, 0) is 6.42 Å². The second-order valence-corrected chi connectivity index (χ2v) is 7.38. The van der Waals surface area contributed by atoms with E-state index >= 15 is 0 Å². The van der Waals surface area contributed by atoms with E-state index in [1.54, 1.807) is 11.3 Å². The van der Waals surface area contributed by atoms with Gasteiger partial charge < -0.3 is 9.80 Å². The maximum absolute atomic E-state index is 12.4. The van der Waals surface area contributed by atoms with Crippen LogP contribution in [0.15, 0.2) is 0 Å². The van der Waals surface area contributed by atoms with E-state index in [0.717, 1.165) is 54.7 Å². The van der Waals surface area contributed by atoms with Crippen molar-refractivity contribution in [2.75, 3.05) is 38.5 Å². The first-order valence-corrected chi connectivity index (χ1v) is 8.48. The Morgan fingerprint density at radius 1 is 1.33 bits per heavy atom. The second kappa shape index (κ2) is 7.22. The molecule has 118 valence electrons. The van der Waals surface area contributed by atoms with Gasteiger partial charge in [-0.1, -0.05) is 13.8 Å². The van der Waals surface area contributed by atoms with Crippen molar-refractivity contribution in [3.63, 3.8) is 0 Å². The number of nitrogens with zero attached hydrogens (tertiary/aromatic N) is 3. The number of aromatic nitrogens is 1. The zero-order valence-corrected chi connectivity index (χ0v) is 14.3. The van der Waals surface area contributed by atoms with Crippen molar-refractivity contribution in [1.82, 2.24) is 14.8 Å². The van der Waals surface area contributed by atoms with E-state index in [1.807, 2.05) is 11.8 Å². The molecule has 2 amide bonds. The van der Waals surface area contributed by atoms with Crippen LogP contribution in [0.4, 0.5) is 9.80 Å². The van der Waals surface area contributed by atoms with Gasteiger partial charge >= 0.3 is 6.03 Å². The summed E-state index contributed by atoms with van der Waals surface area (Å²) in [5, 5.41) is 5.00. The minimum Gasteiger partial charge on any atom is -0.323 e. The largest absolute Gasteiger partial charge is 0.323 e. The predicted octanol–water partition coefficient (Wildman–Crippen LogP) is 2.82. The SMILES string of the molecule is Cc1nc(CC(C)C)c(NC(=O)N2CCCN(C)CC2)s1. The van der Waals surface area contributed by atoms with E-state index in [-0.39, 0.29) is 6.03 Å². The van der Waals surface area contributed by atoms with E-state index in [9.17, 15) is 4.79 Å². The van der Waals surface area contributed by atoms with Crippen molar-refractivity contribution in [2.24, 2.45) is 5.92 Å². The number of urea groups is 1. The molecule has 0 aromatic carbocycles. The number of rotatable bonds is 3. The molecule has 2 heterocycles. The number of carbonyl (C=O) groups excluding carboxylic acids is 1. The number of carbonyl (C=O) groups is 1. The van der Waals surface area contributed by atoms with Gasteiger partial charge in [0.15, 0.2) is 0 Å². The molecule has 1 aliphatic rings. The molecule has 1 aromatic heterocycles. The van der Waals surface area contributed by atoms with Crippen molar-refractivity contribution >= 4 is 22.4 Å². The number of amides is 2. The monoisotopic (exact) mass is 310 g/mol. The Bertz CT molecular complexity index is 486. The first kappa shape index (κ1) is 16.2. The lowest BCUT2D eigenvalue weighted by Gasteiger charge is -2.21. The van der Waals surface area contributed by atoms with Crippen LogP contribution in [-0.4, -0.2) is 54.0 Å². The third-order valence-corrected chi connectivity index (χ3v) is 4.56.